The SMILES string of the molecule is COCOc1ccc(C(OS(=O)O)c2ccc(C)cc2)cc1-c1ccc(=O)n(Cc2cccc(C(=O)OC)c2)n1. The third-order valence-corrected chi connectivity index (χ3v) is 6.38. The molecular formula is C29H28N2O8S. The van der Waals surface area contributed by atoms with Crippen LogP contribution in [0.25, 0.3) is 11.3 Å². The molecule has 40 heavy (non-hydrogen) atoms. The fourth-order valence-electron chi connectivity index (χ4n) is 4.08. The number of hydrogen-bond donors (Lipinski definition) is 1. The smallest absolute Gasteiger partial charge is 0.337 e. The van der Waals surface area contributed by atoms with Crippen LogP contribution in [0.1, 0.15) is 38.7 Å². The van der Waals surface area contributed by atoms with E-state index in [0.29, 0.717) is 39.3 Å². The predicted octanol–water partition coefficient (Wildman–Crippen LogP) is 4.28. The number of methoxy groups -OCH3 is 2. The van der Waals surface area contributed by atoms with E-state index in [2.05, 4.69) is 5.10 Å². The van der Waals surface area contributed by atoms with E-state index in [1.54, 1.807) is 48.5 Å². The average Bonchev–Trinajstić information content (AvgIpc) is 2.96. The van der Waals surface area contributed by atoms with Crippen molar-refractivity contribution in [3.05, 3.63) is 117 Å². The first-order valence-electron chi connectivity index (χ1n) is 12.1. The molecule has 0 radical (unpaired) electrons. The monoisotopic (exact) mass is 564 g/mol. The Hall–Kier alpha value is -4.16. The zero-order chi connectivity index (χ0) is 28.6. The van der Waals surface area contributed by atoms with Crippen LogP contribution in [0.4, 0.5) is 0 Å². The van der Waals surface area contributed by atoms with Gasteiger partial charge in [0, 0.05) is 18.7 Å². The molecule has 0 aliphatic rings. The van der Waals surface area contributed by atoms with Crippen LogP contribution < -0.4 is 10.3 Å². The first kappa shape index (κ1) is 28.8. The van der Waals surface area contributed by atoms with Gasteiger partial charge in [0.15, 0.2) is 6.79 Å². The summed E-state index contributed by atoms with van der Waals surface area (Å²) in [5.41, 5.74) is 3.87. The van der Waals surface area contributed by atoms with E-state index in [-0.39, 0.29) is 18.9 Å². The van der Waals surface area contributed by atoms with Crippen LogP contribution in [-0.2, 0) is 31.6 Å². The summed E-state index contributed by atoms with van der Waals surface area (Å²) in [7, 11) is 2.79. The molecule has 0 saturated carbocycles. The van der Waals surface area contributed by atoms with Gasteiger partial charge in [-0.3, -0.25) is 13.5 Å². The number of rotatable bonds is 11. The Bertz CT molecular complexity index is 1570. The van der Waals surface area contributed by atoms with Crippen LogP contribution in [0.5, 0.6) is 5.75 Å². The molecule has 0 spiro atoms. The maximum atomic E-state index is 12.7. The van der Waals surface area contributed by atoms with E-state index in [0.717, 1.165) is 5.56 Å². The minimum Gasteiger partial charge on any atom is -0.467 e. The van der Waals surface area contributed by atoms with Gasteiger partial charge >= 0.3 is 17.3 Å². The molecule has 0 bridgehead atoms. The van der Waals surface area contributed by atoms with E-state index in [4.69, 9.17) is 18.4 Å². The highest BCUT2D eigenvalue weighted by Gasteiger charge is 2.21. The number of carbonyl (C=O) groups excluding carboxylic acids is 1. The molecule has 1 heterocycles. The normalized spacial score (nSPS) is 12.5. The van der Waals surface area contributed by atoms with E-state index in [9.17, 15) is 18.4 Å². The van der Waals surface area contributed by atoms with Crippen LogP contribution in [0.2, 0.25) is 0 Å². The van der Waals surface area contributed by atoms with Crippen LogP contribution >= 0.6 is 0 Å². The highest BCUT2D eigenvalue weighted by molar-refractivity contribution is 7.74. The predicted molar refractivity (Wildman–Crippen MR) is 148 cm³/mol. The van der Waals surface area contributed by atoms with Gasteiger partial charge < -0.3 is 14.2 Å². The standard InChI is InChI=1S/C29H28N2O8S/c1-19-7-9-21(10-8-19)28(39-40(34)35)22-11-13-26(38-18-36-2)24(16-22)25-12-14-27(32)31(30-25)17-20-5-4-6-23(15-20)29(33)37-3/h4-16,28H,17-18H2,1-3H3,(H,34,35). The fourth-order valence-corrected chi connectivity index (χ4v) is 4.47. The maximum Gasteiger partial charge on any atom is 0.337 e. The van der Waals surface area contributed by atoms with Crippen molar-refractivity contribution < 1.29 is 31.9 Å². The summed E-state index contributed by atoms with van der Waals surface area (Å²) in [6, 6.07) is 22.2. The molecule has 0 amide bonds. The number of aromatic nitrogens is 2. The van der Waals surface area contributed by atoms with Crippen molar-refractivity contribution in [1.82, 2.24) is 9.78 Å². The third-order valence-electron chi connectivity index (χ3n) is 6.02. The number of aryl methyl sites for hydroxylation is 1. The summed E-state index contributed by atoms with van der Waals surface area (Å²) in [6.45, 7) is 2.01. The quantitative estimate of drug-likeness (QED) is 0.161. The van der Waals surface area contributed by atoms with Crippen molar-refractivity contribution in [3.63, 3.8) is 0 Å². The number of hydrogen-bond acceptors (Lipinski definition) is 8. The van der Waals surface area contributed by atoms with Crippen LogP contribution in [0.3, 0.4) is 0 Å². The number of ether oxygens (including phenoxy) is 3. The highest BCUT2D eigenvalue weighted by atomic mass is 32.2. The molecule has 0 aliphatic carbocycles. The first-order valence-corrected chi connectivity index (χ1v) is 13.2. The fraction of sp³-hybridized carbons (Fsp3) is 0.207. The molecule has 1 N–H and O–H groups in total. The zero-order valence-corrected chi connectivity index (χ0v) is 22.9. The lowest BCUT2D eigenvalue weighted by atomic mass is 9.97. The van der Waals surface area contributed by atoms with Gasteiger partial charge in [0.05, 0.1) is 24.9 Å². The van der Waals surface area contributed by atoms with Gasteiger partial charge in [0.25, 0.3) is 5.56 Å². The largest absolute Gasteiger partial charge is 0.467 e. The van der Waals surface area contributed by atoms with Gasteiger partial charge in [-0.05, 0) is 53.9 Å². The van der Waals surface area contributed by atoms with Gasteiger partial charge in [-0.1, -0.05) is 48.0 Å². The van der Waals surface area contributed by atoms with Gasteiger partial charge in [0.2, 0.25) is 0 Å². The van der Waals surface area contributed by atoms with Gasteiger partial charge in [-0.15, -0.1) is 0 Å². The summed E-state index contributed by atoms with van der Waals surface area (Å²) in [5, 5.41) is 4.56. The lowest BCUT2D eigenvalue weighted by Gasteiger charge is -2.19. The molecule has 3 aromatic carbocycles. The second kappa shape index (κ2) is 13.3. The van der Waals surface area contributed by atoms with Gasteiger partial charge in [0.1, 0.15) is 11.9 Å². The molecule has 4 rings (SSSR count). The lowest BCUT2D eigenvalue weighted by molar-refractivity contribution is 0.0514. The molecule has 2 atom stereocenters. The summed E-state index contributed by atoms with van der Waals surface area (Å²) in [6.07, 6.45) is -0.867. The average molecular weight is 565 g/mol. The van der Waals surface area contributed by atoms with Gasteiger partial charge in [-0.25, -0.2) is 9.48 Å². The van der Waals surface area contributed by atoms with E-state index in [1.165, 1.54) is 25.0 Å². The third kappa shape index (κ3) is 7.07. The second-order valence-electron chi connectivity index (χ2n) is 8.82. The van der Waals surface area contributed by atoms with Crippen LogP contribution in [0, 0.1) is 6.92 Å². The molecule has 0 aliphatic heterocycles. The number of benzene rings is 3. The molecule has 0 fully saturated rings. The van der Waals surface area contributed by atoms with Crippen LogP contribution in [0.15, 0.2) is 83.7 Å². The molecule has 4 aromatic rings. The summed E-state index contributed by atoms with van der Waals surface area (Å²) < 4.78 is 43.5. The Morgan fingerprint density at radius 1 is 1.00 bits per heavy atom. The summed E-state index contributed by atoms with van der Waals surface area (Å²) >= 11 is -2.54. The van der Waals surface area contributed by atoms with Crippen LogP contribution in [-0.4, -0.2) is 45.5 Å². The van der Waals surface area contributed by atoms with Crippen molar-refractivity contribution in [2.45, 2.75) is 19.6 Å². The van der Waals surface area contributed by atoms with Gasteiger partial charge in [-0.2, -0.15) is 9.31 Å². The summed E-state index contributed by atoms with van der Waals surface area (Å²) in [4.78, 5) is 24.7. The van der Waals surface area contributed by atoms with E-state index in [1.807, 2.05) is 31.2 Å². The number of esters is 1. The minimum atomic E-state index is -2.54. The minimum absolute atomic E-state index is 0.0369. The summed E-state index contributed by atoms with van der Waals surface area (Å²) in [5.74, 6) is -0.0643. The second-order valence-corrected chi connectivity index (χ2v) is 9.44. The number of nitrogens with zero attached hydrogens (tertiary/aromatic N) is 2. The van der Waals surface area contributed by atoms with E-state index < -0.39 is 23.4 Å². The Morgan fingerprint density at radius 3 is 2.45 bits per heavy atom. The molecule has 208 valence electrons. The molecule has 2 unspecified atom stereocenters. The van der Waals surface area contributed by atoms with Crippen molar-refractivity contribution in [2.24, 2.45) is 0 Å². The van der Waals surface area contributed by atoms with Crippen molar-refractivity contribution >= 4 is 17.3 Å². The zero-order valence-electron chi connectivity index (χ0n) is 22.1. The van der Waals surface area contributed by atoms with E-state index >= 15 is 0 Å². The van der Waals surface area contributed by atoms with Crippen molar-refractivity contribution in [1.29, 1.82) is 0 Å². The lowest BCUT2D eigenvalue weighted by Crippen LogP contribution is -2.23. The molecule has 10 nitrogen and oxygen atoms in total. The molecular weight excluding hydrogens is 536 g/mol. The Morgan fingerprint density at radius 2 is 1.75 bits per heavy atom. The molecule has 1 aromatic heterocycles. The Kier molecular flexibility index (Phi) is 9.56. The maximum absolute atomic E-state index is 12.7. The Balaban J connectivity index is 1.77. The van der Waals surface area contributed by atoms with Crippen molar-refractivity contribution in [2.75, 3.05) is 21.0 Å². The topological polar surface area (TPSA) is 126 Å². The molecule has 0 saturated heterocycles. The number of carbonyl (C=O) groups is 1. The molecule has 11 heteroatoms. The Labute approximate surface area is 233 Å². The van der Waals surface area contributed by atoms with Crippen molar-refractivity contribution in [3.8, 4) is 17.0 Å². The first-order chi connectivity index (χ1) is 19.3. The highest BCUT2D eigenvalue weighted by Crippen LogP contribution is 2.35.